The number of hydrogen-bond acceptors (Lipinski definition) is 3. The van der Waals surface area contributed by atoms with E-state index in [1.54, 1.807) is 37.3 Å². The Labute approximate surface area is 131 Å². The van der Waals surface area contributed by atoms with E-state index < -0.39 is 0 Å². The van der Waals surface area contributed by atoms with Crippen molar-refractivity contribution in [1.29, 1.82) is 0 Å². The van der Waals surface area contributed by atoms with E-state index >= 15 is 0 Å². The highest BCUT2D eigenvalue weighted by molar-refractivity contribution is 6.32. The zero-order valence-electron chi connectivity index (χ0n) is 13.1. The average Bonchev–Trinajstić information content (AvgIpc) is 2.50. The summed E-state index contributed by atoms with van der Waals surface area (Å²) in [7, 11) is 4.87. The standard InChI is InChI=1S/C16H22ClNO3/c1-6-11(2)18(3)15(19)8-7-12-9-13(17)16(21-5)14(10-12)20-4/h7-11H,6H2,1-5H3/b8-7-/t11-/m0/s1. The van der Waals surface area contributed by atoms with Crippen LogP contribution in [0.15, 0.2) is 18.2 Å². The predicted molar refractivity (Wildman–Crippen MR) is 86.1 cm³/mol. The molecule has 0 heterocycles. The molecule has 0 N–H and O–H groups in total. The van der Waals surface area contributed by atoms with Gasteiger partial charge < -0.3 is 14.4 Å². The highest BCUT2D eigenvalue weighted by atomic mass is 35.5. The maximum absolute atomic E-state index is 12.0. The van der Waals surface area contributed by atoms with Crippen molar-refractivity contribution in [3.63, 3.8) is 0 Å². The number of methoxy groups -OCH3 is 2. The topological polar surface area (TPSA) is 38.8 Å². The second-order valence-electron chi connectivity index (χ2n) is 4.78. The van der Waals surface area contributed by atoms with Gasteiger partial charge in [0.15, 0.2) is 11.5 Å². The van der Waals surface area contributed by atoms with Crippen molar-refractivity contribution in [2.45, 2.75) is 26.3 Å². The molecule has 0 aliphatic heterocycles. The molecule has 0 saturated carbocycles. The molecule has 0 fully saturated rings. The second-order valence-corrected chi connectivity index (χ2v) is 5.19. The van der Waals surface area contributed by atoms with Gasteiger partial charge in [-0.2, -0.15) is 0 Å². The van der Waals surface area contributed by atoms with Gasteiger partial charge in [-0.1, -0.05) is 18.5 Å². The fourth-order valence-corrected chi connectivity index (χ4v) is 2.11. The highest BCUT2D eigenvalue weighted by Gasteiger charge is 2.12. The molecule has 1 aromatic rings. The van der Waals surface area contributed by atoms with Crippen LogP contribution in [-0.2, 0) is 4.79 Å². The SMILES string of the molecule is CC[C@H](C)N(C)C(=O)/C=C\c1cc(Cl)c(OC)c(OC)c1. The summed E-state index contributed by atoms with van der Waals surface area (Å²) in [6.07, 6.45) is 4.16. The summed E-state index contributed by atoms with van der Waals surface area (Å²) < 4.78 is 10.4. The van der Waals surface area contributed by atoms with E-state index in [4.69, 9.17) is 21.1 Å². The normalized spacial score (nSPS) is 12.3. The number of ether oxygens (including phenoxy) is 2. The summed E-state index contributed by atoms with van der Waals surface area (Å²) in [6, 6.07) is 3.71. The molecule has 0 saturated heterocycles. The Morgan fingerprint density at radius 1 is 1.38 bits per heavy atom. The van der Waals surface area contributed by atoms with Crippen LogP contribution in [0.1, 0.15) is 25.8 Å². The van der Waals surface area contributed by atoms with E-state index in [1.807, 2.05) is 13.8 Å². The number of likely N-dealkylation sites (N-methyl/N-ethyl adjacent to an activating group) is 1. The Balaban J connectivity index is 2.95. The Morgan fingerprint density at radius 2 is 2.05 bits per heavy atom. The molecule has 4 nitrogen and oxygen atoms in total. The molecule has 1 rings (SSSR count). The first-order valence-corrected chi connectivity index (χ1v) is 7.18. The molecule has 5 heteroatoms. The summed E-state index contributed by atoms with van der Waals surface area (Å²) in [6.45, 7) is 4.06. The Hall–Kier alpha value is -1.68. The number of benzene rings is 1. The number of hydrogen-bond donors (Lipinski definition) is 0. The van der Waals surface area contributed by atoms with Crippen molar-refractivity contribution in [2.75, 3.05) is 21.3 Å². The molecule has 0 aliphatic rings. The minimum atomic E-state index is -0.0461. The zero-order chi connectivity index (χ0) is 16.0. The lowest BCUT2D eigenvalue weighted by Crippen LogP contribution is -2.33. The van der Waals surface area contributed by atoms with Gasteiger partial charge in [-0.25, -0.2) is 0 Å². The number of carbonyl (C=O) groups excluding carboxylic acids is 1. The average molecular weight is 312 g/mol. The van der Waals surface area contributed by atoms with Gasteiger partial charge in [0, 0.05) is 19.2 Å². The largest absolute Gasteiger partial charge is 0.493 e. The van der Waals surface area contributed by atoms with Gasteiger partial charge in [-0.05, 0) is 37.1 Å². The lowest BCUT2D eigenvalue weighted by Gasteiger charge is -2.22. The molecule has 0 radical (unpaired) electrons. The maximum Gasteiger partial charge on any atom is 0.246 e. The molecule has 1 amide bonds. The minimum Gasteiger partial charge on any atom is -0.493 e. The summed E-state index contributed by atoms with van der Waals surface area (Å²) in [4.78, 5) is 13.7. The van der Waals surface area contributed by atoms with Crippen LogP contribution in [0.2, 0.25) is 5.02 Å². The van der Waals surface area contributed by atoms with Gasteiger partial charge in [0.05, 0.1) is 19.2 Å². The van der Waals surface area contributed by atoms with Crippen molar-refractivity contribution in [1.82, 2.24) is 4.90 Å². The van der Waals surface area contributed by atoms with Gasteiger partial charge in [0.25, 0.3) is 0 Å². The fourth-order valence-electron chi connectivity index (χ4n) is 1.81. The third kappa shape index (κ3) is 4.39. The Bertz CT molecular complexity index is 528. The maximum atomic E-state index is 12.0. The van der Waals surface area contributed by atoms with Crippen LogP contribution in [0, 0.1) is 0 Å². The molecule has 116 valence electrons. The summed E-state index contributed by atoms with van der Waals surface area (Å²) in [5, 5.41) is 0.444. The van der Waals surface area contributed by atoms with Gasteiger partial charge in [0.2, 0.25) is 5.91 Å². The van der Waals surface area contributed by atoms with Crippen LogP contribution < -0.4 is 9.47 Å². The monoisotopic (exact) mass is 311 g/mol. The van der Waals surface area contributed by atoms with E-state index in [0.29, 0.717) is 16.5 Å². The molecular formula is C16H22ClNO3. The molecule has 0 bridgehead atoms. The number of nitrogens with zero attached hydrogens (tertiary/aromatic N) is 1. The van der Waals surface area contributed by atoms with Crippen LogP contribution in [0.3, 0.4) is 0 Å². The summed E-state index contributed by atoms with van der Waals surface area (Å²) >= 11 is 6.13. The molecule has 21 heavy (non-hydrogen) atoms. The van der Waals surface area contributed by atoms with E-state index in [-0.39, 0.29) is 11.9 Å². The number of carbonyl (C=O) groups is 1. The molecule has 0 spiro atoms. The summed E-state index contributed by atoms with van der Waals surface area (Å²) in [5.74, 6) is 0.974. The smallest absolute Gasteiger partial charge is 0.246 e. The van der Waals surface area contributed by atoms with Crippen LogP contribution in [-0.4, -0.2) is 38.1 Å². The van der Waals surface area contributed by atoms with E-state index in [9.17, 15) is 4.79 Å². The lowest BCUT2D eigenvalue weighted by atomic mass is 10.1. The first-order chi connectivity index (χ1) is 9.94. The van der Waals surface area contributed by atoms with E-state index in [2.05, 4.69) is 0 Å². The van der Waals surface area contributed by atoms with Crippen LogP contribution in [0.5, 0.6) is 11.5 Å². The number of rotatable bonds is 6. The lowest BCUT2D eigenvalue weighted by molar-refractivity contribution is -0.126. The minimum absolute atomic E-state index is 0.0461. The molecule has 0 aromatic heterocycles. The molecule has 0 aliphatic carbocycles. The van der Waals surface area contributed by atoms with Gasteiger partial charge in [-0.3, -0.25) is 4.79 Å². The number of halogens is 1. The van der Waals surface area contributed by atoms with E-state index in [1.165, 1.54) is 13.2 Å². The first-order valence-electron chi connectivity index (χ1n) is 6.80. The van der Waals surface area contributed by atoms with Crippen molar-refractivity contribution in [2.24, 2.45) is 0 Å². The predicted octanol–water partition coefficient (Wildman–Crippen LogP) is 3.63. The third-order valence-electron chi connectivity index (χ3n) is 3.47. The van der Waals surface area contributed by atoms with E-state index in [0.717, 1.165) is 12.0 Å². The molecule has 0 unspecified atom stereocenters. The Morgan fingerprint density at radius 3 is 2.57 bits per heavy atom. The Kier molecular flexibility index (Phi) is 6.56. The fraction of sp³-hybridized carbons (Fsp3) is 0.438. The van der Waals surface area contributed by atoms with Gasteiger partial charge in [0.1, 0.15) is 0 Å². The molecule has 1 atom stereocenters. The van der Waals surface area contributed by atoms with Crippen molar-refractivity contribution < 1.29 is 14.3 Å². The number of amides is 1. The van der Waals surface area contributed by atoms with Crippen LogP contribution >= 0.6 is 11.6 Å². The van der Waals surface area contributed by atoms with Gasteiger partial charge >= 0.3 is 0 Å². The molecular weight excluding hydrogens is 290 g/mol. The quantitative estimate of drug-likeness (QED) is 0.753. The zero-order valence-corrected chi connectivity index (χ0v) is 13.9. The summed E-state index contributed by atoms with van der Waals surface area (Å²) in [5.41, 5.74) is 0.781. The van der Waals surface area contributed by atoms with Gasteiger partial charge in [-0.15, -0.1) is 0 Å². The second kappa shape index (κ2) is 7.93. The van der Waals surface area contributed by atoms with Crippen molar-refractivity contribution >= 4 is 23.6 Å². The van der Waals surface area contributed by atoms with Crippen molar-refractivity contribution in [3.8, 4) is 11.5 Å². The molecule has 1 aromatic carbocycles. The highest BCUT2D eigenvalue weighted by Crippen LogP contribution is 2.36. The third-order valence-corrected chi connectivity index (χ3v) is 3.75. The van der Waals surface area contributed by atoms with Crippen LogP contribution in [0.4, 0.5) is 0 Å². The first kappa shape index (κ1) is 17.4. The van der Waals surface area contributed by atoms with Crippen LogP contribution in [0.25, 0.3) is 6.08 Å². The van der Waals surface area contributed by atoms with Crippen molar-refractivity contribution in [3.05, 3.63) is 28.8 Å².